The van der Waals surface area contributed by atoms with Crippen LogP contribution in [0.25, 0.3) is 0 Å². The fourth-order valence-corrected chi connectivity index (χ4v) is 2.49. The number of methoxy groups -OCH3 is 1. The summed E-state index contributed by atoms with van der Waals surface area (Å²) in [5.41, 5.74) is 0. The van der Waals surface area contributed by atoms with Crippen molar-refractivity contribution in [3.8, 4) is 11.5 Å². The molecule has 1 saturated carbocycles. The second-order valence-electron chi connectivity index (χ2n) is 5.05. The molecule has 2 rings (SSSR count). The van der Waals surface area contributed by atoms with Crippen molar-refractivity contribution in [1.82, 2.24) is 5.32 Å². The van der Waals surface area contributed by atoms with Crippen LogP contribution < -0.4 is 14.8 Å². The average Bonchev–Trinajstić information content (AvgIpc) is 2.94. The van der Waals surface area contributed by atoms with E-state index in [0.717, 1.165) is 0 Å². The lowest BCUT2D eigenvalue weighted by Crippen LogP contribution is -2.36. The molecule has 0 radical (unpaired) electrons. The Hall–Kier alpha value is -2.24. The first-order chi connectivity index (χ1) is 10.1. The van der Waals surface area contributed by atoms with Crippen molar-refractivity contribution in [3.63, 3.8) is 0 Å². The summed E-state index contributed by atoms with van der Waals surface area (Å²) in [6, 6.07) is 7.00. The van der Waals surface area contributed by atoms with Gasteiger partial charge in [0.05, 0.1) is 13.0 Å². The van der Waals surface area contributed by atoms with Crippen LogP contribution >= 0.6 is 0 Å². The Labute approximate surface area is 123 Å². The SMILES string of the molecule is COc1ccccc1OCC(=O)NC1CCC(C(=O)O)C1. The number of ether oxygens (including phenoxy) is 2. The number of benzene rings is 1. The highest BCUT2D eigenvalue weighted by Gasteiger charge is 2.30. The van der Waals surface area contributed by atoms with E-state index in [1.54, 1.807) is 18.2 Å². The highest BCUT2D eigenvalue weighted by atomic mass is 16.5. The van der Waals surface area contributed by atoms with Gasteiger partial charge >= 0.3 is 5.97 Å². The number of aliphatic carboxylic acids is 1. The van der Waals surface area contributed by atoms with Gasteiger partial charge in [0.25, 0.3) is 5.91 Å². The van der Waals surface area contributed by atoms with Crippen LogP contribution in [0.1, 0.15) is 19.3 Å². The number of carboxylic acid groups (broad SMARTS) is 1. The molecule has 1 amide bonds. The normalized spacial score (nSPS) is 20.8. The van der Waals surface area contributed by atoms with E-state index in [4.69, 9.17) is 14.6 Å². The van der Waals surface area contributed by atoms with Crippen molar-refractivity contribution in [3.05, 3.63) is 24.3 Å². The van der Waals surface area contributed by atoms with Crippen molar-refractivity contribution >= 4 is 11.9 Å². The van der Waals surface area contributed by atoms with Crippen LogP contribution in [0.3, 0.4) is 0 Å². The minimum atomic E-state index is -0.794. The van der Waals surface area contributed by atoms with Crippen LogP contribution in [-0.2, 0) is 9.59 Å². The topological polar surface area (TPSA) is 84.9 Å². The van der Waals surface area contributed by atoms with Gasteiger partial charge in [0, 0.05) is 6.04 Å². The minimum Gasteiger partial charge on any atom is -0.493 e. The maximum absolute atomic E-state index is 11.8. The summed E-state index contributed by atoms with van der Waals surface area (Å²) in [6.07, 6.45) is 1.78. The highest BCUT2D eigenvalue weighted by molar-refractivity contribution is 5.78. The van der Waals surface area contributed by atoms with Gasteiger partial charge in [-0.1, -0.05) is 12.1 Å². The molecule has 1 aliphatic carbocycles. The van der Waals surface area contributed by atoms with E-state index in [9.17, 15) is 9.59 Å². The summed E-state index contributed by atoms with van der Waals surface area (Å²) in [5, 5.41) is 11.7. The number of rotatable bonds is 6. The second kappa shape index (κ2) is 6.97. The number of nitrogens with one attached hydrogen (secondary N) is 1. The van der Waals surface area contributed by atoms with Gasteiger partial charge in [-0.25, -0.2) is 0 Å². The Kier molecular flexibility index (Phi) is 5.03. The van der Waals surface area contributed by atoms with Gasteiger partial charge in [0.1, 0.15) is 0 Å². The van der Waals surface area contributed by atoms with Crippen molar-refractivity contribution in [2.45, 2.75) is 25.3 Å². The first-order valence-corrected chi connectivity index (χ1v) is 6.88. The third kappa shape index (κ3) is 4.11. The van der Waals surface area contributed by atoms with Crippen molar-refractivity contribution in [1.29, 1.82) is 0 Å². The number of carbonyl (C=O) groups is 2. The maximum Gasteiger partial charge on any atom is 0.306 e. The molecule has 1 aromatic carbocycles. The molecule has 6 heteroatoms. The van der Waals surface area contributed by atoms with E-state index in [-0.39, 0.29) is 24.5 Å². The Morgan fingerprint density at radius 2 is 2.00 bits per heavy atom. The molecule has 1 aliphatic rings. The second-order valence-corrected chi connectivity index (χ2v) is 5.05. The lowest BCUT2D eigenvalue weighted by molar-refractivity contribution is -0.141. The molecule has 0 heterocycles. The molecule has 2 N–H and O–H groups in total. The predicted octanol–water partition coefficient (Wildman–Crippen LogP) is 1.44. The van der Waals surface area contributed by atoms with Gasteiger partial charge in [-0.15, -0.1) is 0 Å². The average molecular weight is 293 g/mol. The molecule has 1 aromatic rings. The molecular formula is C15H19NO5. The van der Waals surface area contributed by atoms with Crippen LogP contribution in [0.15, 0.2) is 24.3 Å². The smallest absolute Gasteiger partial charge is 0.306 e. The lowest BCUT2D eigenvalue weighted by Gasteiger charge is -2.14. The third-order valence-electron chi connectivity index (χ3n) is 3.57. The molecule has 2 unspecified atom stereocenters. The van der Waals surface area contributed by atoms with Crippen molar-refractivity contribution in [2.24, 2.45) is 5.92 Å². The fourth-order valence-electron chi connectivity index (χ4n) is 2.49. The molecule has 0 saturated heterocycles. The summed E-state index contributed by atoms with van der Waals surface area (Å²) < 4.78 is 10.6. The highest BCUT2D eigenvalue weighted by Crippen LogP contribution is 2.27. The van der Waals surface area contributed by atoms with Crippen LogP contribution in [0.4, 0.5) is 0 Å². The number of hydrogen-bond donors (Lipinski definition) is 2. The van der Waals surface area contributed by atoms with Gasteiger partial charge in [-0.2, -0.15) is 0 Å². The van der Waals surface area contributed by atoms with Crippen LogP contribution in [0, 0.1) is 5.92 Å². The molecule has 114 valence electrons. The number of hydrogen-bond acceptors (Lipinski definition) is 4. The zero-order chi connectivity index (χ0) is 15.2. The first kappa shape index (κ1) is 15.2. The van der Waals surface area contributed by atoms with E-state index in [1.807, 2.05) is 6.07 Å². The third-order valence-corrected chi connectivity index (χ3v) is 3.57. The molecule has 1 fully saturated rings. The minimum absolute atomic E-state index is 0.0835. The summed E-state index contributed by atoms with van der Waals surface area (Å²) in [7, 11) is 1.53. The fraction of sp³-hybridized carbons (Fsp3) is 0.467. The molecule has 0 bridgehead atoms. The molecular weight excluding hydrogens is 274 g/mol. The van der Waals surface area contributed by atoms with E-state index in [0.29, 0.717) is 30.8 Å². The van der Waals surface area contributed by atoms with Gasteiger partial charge in [0.2, 0.25) is 0 Å². The molecule has 0 spiro atoms. The molecule has 6 nitrogen and oxygen atoms in total. The van der Waals surface area contributed by atoms with E-state index in [1.165, 1.54) is 7.11 Å². The van der Waals surface area contributed by atoms with Crippen molar-refractivity contribution in [2.75, 3.05) is 13.7 Å². The quantitative estimate of drug-likeness (QED) is 0.829. The molecule has 0 aliphatic heterocycles. The molecule has 2 atom stereocenters. The lowest BCUT2D eigenvalue weighted by atomic mass is 10.1. The van der Waals surface area contributed by atoms with Gasteiger partial charge < -0.3 is 19.9 Å². The zero-order valence-corrected chi connectivity index (χ0v) is 11.9. The summed E-state index contributed by atoms with van der Waals surface area (Å²) in [6.45, 7) is -0.116. The maximum atomic E-state index is 11.8. The van der Waals surface area contributed by atoms with Gasteiger partial charge in [-0.05, 0) is 31.4 Å². The number of para-hydroxylation sites is 2. The number of amides is 1. The standard InChI is InChI=1S/C15H19NO5/c1-20-12-4-2-3-5-13(12)21-9-14(17)16-11-7-6-10(8-11)15(18)19/h2-5,10-11H,6-9H2,1H3,(H,16,17)(H,18,19). The summed E-state index contributed by atoms with van der Waals surface area (Å²) in [4.78, 5) is 22.7. The van der Waals surface area contributed by atoms with E-state index < -0.39 is 5.97 Å². The van der Waals surface area contributed by atoms with E-state index in [2.05, 4.69) is 5.32 Å². The zero-order valence-electron chi connectivity index (χ0n) is 11.9. The summed E-state index contributed by atoms with van der Waals surface area (Å²) in [5.74, 6) is -0.332. The first-order valence-electron chi connectivity index (χ1n) is 6.88. The predicted molar refractivity (Wildman–Crippen MR) is 75.4 cm³/mol. The number of carboxylic acids is 1. The van der Waals surface area contributed by atoms with Gasteiger partial charge in [-0.3, -0.25) is 9.59 Å². The molecule has 21 heavy (non-hydrogen) atoms. The summed E-state index contributed by atoms with van der Waals surface area (Å²) >= 11 is 0. The van der Waals surface area contributed by atoms with Crippen LogP contribution in [-0.4, -0.2) is 36.7 Å². The largest absolute Gasteiger partial charge is 0.493 e. The Bertz CT molecular complexity index is 517. The van der Waals surface area contributed by atoms with Crippen molar-refractivity contribution < 1.29 is 24.2 Å². The number of carbonyl (C=O) groups excluding carboxylic acids is 1. The Morgan fingerprint density at radius 3 is 2.62 bits per heavy atom. The van der Waals surface area contributed by atoms with E-state index >= 15 is 0 Å². The van der Waals surface area contributed by atoms with Crippen LogP contribution in [0.2, 0.25) is 0 Å². The monoisotopic (exact) mass is 293 g/mol. The van der Waals surface area contributed by atoms with Crippen LogP contribution in [0.5, 0.6) is 11.5 Å². The Morgan fingerprint density at radius 1 is 1.29 bits per heavy atom. The Balaban J connectivity index is 1.79. The van der Waals surface area contributed by atoms with Gasteiger partial charge in [0.15, 0.2) is 18.1 Å². The molecule has 0 aromatic heterocycles.